The summed E-state index contributed by atoms with van der Waals surface area (Å²) in [5.74, 6) is 1.02. The van der Waals surface area contributed by atoms with Crippen LogP contribution in [0.2, 0.25) is 0 Å². The number of ether oxygens (including phenoxy) is 2. The molecule has 1 amide bonds. The van der Waals surface area contributed by atoms with Crippen molar-refractivity contribution >= 4 is 17.2 Å². The van der Waals surface area contributed by atoms with E-state index in [0.717, 1.165) is 74.9 Å². The second-order valence-electron chi connectivity index (χ2n) is 7.32. The second kappa shape index (κ2) is 9.03. The van der Waals surface area contributed by atoms with Gasteiger partial charge in [-0.3, -0.25) is 9.69 Å². The summed E-state index contributed by atoms with van der Waals surface area (Å²) in [6.07, 6.45) is 4.63. The van der Waals surface area contributed by atoms with Gasteiger partial charge in [0.2, 0.25) is 0 Å². The monoisotopic (exact) mass is 401 g/mol. The van der Waals surface area contributed by atoms with Gasteiger partial charge >= 0.3 is 0 Å². The third kappa shape index (κ3) is 4.54. The lowest BCUT2D eigenvalue weighted by Gasteiger charge is -2.24. The summed E-state index contributed by atoms with van der Waals surface area (Å²) >= 11 is 1.72. The van der Waals surface area contributed by atoms with Gasteiger partial charge < -0.3 is 14.4 Å². The van der Waals surface area contributed by atoms with Gasteiger partial charge in [0.25, 0.3) is 5.91 Å². The molecule has 1 aromatic carbocycles. The highest BCUT2D eigenvalue weighted by Gasteiger charge is 2.29. The van der Waals surface area contributed by atoms with E-state index in [0.29, 0.717) is 0 Å². The van der Waals surface area contributed by atoms with E-state index in [1.54, 1.807) is 18.4 Å². The minimum absolute atomic E-state index is 0.178. The van der Waals surface area contributed by atoms with Crippen molar-refractivity contribution < 1.29 is 14.3 Å². The highest BCUT2D eigenvalue weighted by molar-refractivity contribution is 7.15. The summed E-state index contributed by atoms with van der Waals surface area (Å²) in [6, 6.07) is 8.01. The summed E-state index contributed by atoms with van der Waals surface area (Å²) in [7, 11) is 1.68. The topological polar surface area (TPSA) is 54.9 Å². The molecule has 2 aliphatic rings. The molecular weight excluding hydrogens is 374 g/mol. The Bertz CT molecular complexity index is 804. The van der Waals surface area contributed by atoms with Crippen LogP contribution in [0.3, 0.4) is 0 Å². The van der Waals surface area contributed by atoms with Crippen LogP contribution >= 0.6 is 11.3 Å². The fraction of sp³-hybridized carbons (Fsp3) is 0.524. The highest BCUT2D eigenvalue weighted by atomic mass is 32.1. The number of thiazole rings is 1. The van der Waals surface area contributed by atoms with Gasteiger partial charge in [-0.1, -0.05) is 12.1 Å². The van der Waals surface area contributed by atoms with Crippen molar-refractivity contribution in [3.05, 3.63) is 35.3 Å². The van der Waals surface area contributed by atoms with E-state index in [-0.39, 0.29) is 12.0 Å². The normalized spacial score (nSPS) is 20.9. The Labute approximate surface area is 170 Å². The molecule has 6 nitrogen and oxygen atoms in total. The van der Waals surface area contributed by atoms with E-state index in [1.165, 1.54) is 4.88 Å². The van der Waals surface area contributed by atoms with Crippen LogP contribution in [-0.4, -0.2) is 66.7 Å². The zero-order valence-electron chi connectivity index (χ0n) is 16.3. The van der Waals surface area contributed by atoms with Gasteiger partial charge in [-0.25, -0.2) is 4.98 Å². The molecule has 150 valence electrons. The molecular formula is C21H27N3O3S. The van der Waals surface area contributed by atoms with E-state index in [9.17, 15) is 4.79 Å². The van der Waals surface area contributed by atoms with Crippen molar-refractivity contribution in [2.45, 2.75) is 31.9 Å². The minimum atomic E-state index is -0.210. The van der Waals surface area contributed by atoms with E-state index < -0.39 is 0 Å². The number of rotatable bonds is 5. The van der Waals surface area contributed by atoms with Crippen LogP contribution < -0.4 is 4.74 Å². The lowest BCUT2D eigenvalue weighted by molar-refractivity contribution is -0.140. The largest absolute Gasteiger partial charge is 0.497 e. The van der Waals surface area contributed by atoms with Crippen LogP contribution in [0, 0.1) is 0 Å². The van der Waals surface area contributed by atoms with E-state index in [2.05, 4.69) is 16.0 Å². The van der Waals surface area contributed by atoms with E-state index in [1.807, 2.05) is 29.3 Å². The molecule has 2 aromatic rings. The molecule has 0 unspecified atom stereocenters. The first kappa shape index (κ1) is 19.4. The Morgan fingerprint density at radius 1 is 1.29 bits per heavy atom. The Balaban J connectivity index is 1.34. The van der Waals surface area contributed by atoms with Crippen LogP contribution in [0.4, 0.5) is 0 Å². The lowest BCUT2D eigenvalue weighted by Crippen LogP contribution is -2.41. The first-order valence-electron chi connectivity index (χ1n) is 9.95. The highest BCUT2D eigenvalue weighted by Crippen LogP contribution is 2.28. The van der Waals surface area contributed by atoms with Crippen molar-refractivity contribution in [3.63, 3.8) is 0 Å². The van der Waals surface area contributed by atoms with Crippen molar-refractivity contribution in [2.75, 3.05) is 39.9 Å². The average Bonchev–Trinajstić information content (AvgIpc) is 3.37. The summed E-state index contributed by atoms with van der Waals surface area (Å²) < 4.78 is 10.9. The standard InChI is InChI=1S/C21H27N3O3S/c1-26-17-6-2-5-16(13-17)20-22-14-18(28-20)15-23-8-4-9-24(11-10-23)21(25)19-7-3-12-27-19/h2,5-6,13-14,19H,3-4,7-12,15H2,1H3/t19-/m1/s1. The molecule has 0 N–H and O–H groups in total. The number of hydrogen-bond donors (Lipinski definition) is 0. The zero-order chi connectivity index (χ0) is 19.3. The minimum Gasteiger partial charge on any atom is -0.497 e. The summed E-state index contributed by atoms with van der Waals surface area (Å²) in [5, 5.41) is 1.01. The molecule has 1 aromatic heterocycles. The Hall–Kier alpha value is -1.96. The van der Waals surface area contributed by atoms with Crippen molar-refractivity contribution in [1.29, 1.82) is 0 Å². The lowest BCUT2D eigenvalue weighted by atomic mass is 10.2. The fourth-order valence-electron chi connectivity index (χ4n) is 3.82. The van der Waals surface area contributed by atoms with Crippen molar-refractivity contribution in [1.82, 2.24) is 14.8 Å². The van der Waals surface area contributed by atoms with Crippen LogP contribution in [0.25, 0.3) is 10.6 Å². The number of carbonyl (C=O) groups excluding carboxylic acids is 1. The molecule has 2 saturated heterocycles. The molecule has 7 heteroatoms. The van der Waals surface area contributed by atoms with Crippen LogP contribution in [0.15, 0.2) is 30.5 Å². The number of carbonyl (C=O) groups is 1. The zero-order valence-corrected chi connectivity index (χ0v) is 17.1. The third-order valence-corrected chi connectivity index (χ3v) is 6.39. The molecule has 1 atom stereocenters. The first-order valence-corrected chi connectivity index (χ1v) is 10.8. The summed E-state index contributed by atoms with van der Waals surface area (Å²) in [5.41, 5.74) is 1.08. The molecule has 2 aliphatic heterocycles. The van der Waals surface area contributed by atoms with Gasteiger partial charge in [0, 0.05) is 56.0 Å². The molecule has 0 saturated carbocycles. The van der Waals surface area contributed by atoms with E-state index in [4.69, 9.17) is 9.47 Å². The van der Waals surface area contributed by atoms with Crippen LogP contribution in [-0.2, 0) is 16.1 Å². The number of aromatic nitrogens is 1. The van der Waals surface area contributed by atoms with Gasteiger partial charge in [-0.05, 0) is 31.4 Å². The molecule has 0 radical (unpaired) electrons. The first-order chi connectivity index (χ1) is 13.7. The maximum atomic E-state index is 12.6. The van der Waals surface area contributed by atoms with Crippen molar-refractivity contribution in [2.24, 2.45) is 0 Å². The fourth-order valence-corrected chi connectivity index (χ4v) is 4.77. The van der Waals surface area contributed by atoms with Gasteiger partial charge in [-0.2, -0.15) is 0 Å². The number of nitrogens with zero attached hydrogens (tertiary/aromatic N) is 3. The number of amides is 1. The maximum Gasteiger partial charge on any atom is 0.251 e. The van der Waals surface area contributed by atoms with Crippen molar-refractivity contribution in [3.8, 4) is 16.3 Å². The molecule has 0 bridgehead atoms. The van der Waals surface area contributed by atoms with Gasteiger partial charge in [-0.15, -0.1) is 11.3 Å². The average molecular weight is 402 g/mol. The Morgan fingerprint density at radius 3 is 3.04 bits per heavy atom. The molecule has 3 heterocycles. The smallest absolute Gasteiger partial charge is 0.251 e. The number of hydrogen-bond acceptors (Lipinski definition) is 6. The number of methoxy groups -OCH3 is 1. The van der Waals surface area contributed by atoms with Gasteiger partial charge in [0.05, 0.1) is 7.11 Å². The summed E-state index contributed by atoms with van der Waals surface area (Å²) in [6.45, 7) is 5.10. The summed E-state index contributed by atoms with van der Waals surface area (Å²) in [4.78, 5) is 22.9. The predicted octanol–water partition coefficient (Wildman–Crippen LogP) is 3.03. The molecule has 28 heavy (non-hydrogen) atoms. The predicted molar refractivity (Wildman–Crippen MR) is 110 cm³/mol. The van der Waals surface area contributed by atoms with E-state index >= 15 is 0 Å². The Morgan fingerprint density at radius 2 is 2.21 bits per heavy atom. The molecule has 0 spiro atoms. The third-order valence-electron chi connectivity index (χ3n) is 5.36. The molecule has 2 fully saturated rings. The second-order valence-corrected chi connectivity index (χ2v) is 8.44. The van der Waals surface area contributed by atoms with Crippen LogP contribution in [0.1, 0.15) is 24.1 Å². The number of benzene rings is 1. The van der Waals surface area contributed by atoms with Gasteiger partial charge in [0.15, 0.2) is 0 Å². The maximum absolute atomic E-state index is 12.6. The van der Waals surface area contributed by atoms with Gasteiger partial charge in [0.1, 0.15) is 16.9 Å². The Kier molecular flexibility index (Phi) is 6.24. The quantitative estimate of drug-likeness (QED) is 0.771. The molecule has 0 aliphatic carbocycles. The molecule has 4 rings (SSSR count). The van der Waals surface area contributed by atoms with Crippen LogP contribution in [0.5, 0.6) is 5.75 Å². The SMILES string of the molecule is COc1cccc(-c2ncc(CN3CCCN(C(=O)[C@H]4CCCO4)CC3)s2)c1.